The third-order valence-electron chi connectivity index (χ3n) is 2.79. The second-order valence-electron chi connectivity index (χ2n) is 4.20. The average molecular weight is 336 g/mol. The number of methoxy groups -OCH3 is 1. The maximum Gasteiger partial charge on any atom is 0.228 e. The second kappa shape index (κ2) is 6.43. The Morgan fingerprint density at radius 3 is 2.75 bits per heavy atom. The first kappa shape index (κ1) is 14.4. The van der Waals surface area contributed by atoms with E-state index in [0.29, 0.717) is 17.0 Å². The van der Waals surface area contributed by atoms with Crippen LogP contribution < -0.4 is 10.1 Å². The lowest BCUT2D eigenvalue weighted by atomic mass is 10.1. The Balaban J connectivity index is 2.10. The zero-order chi connectivity index (χ0) is 14.5. The van der Waals surface area contributed by atoms with Crippen LogP contribution >= 0.6 is 15.9 Å². The third-order valence-corrected chi connectivity index (χ3v) is 3.48. The van der Waals surface area contributed by atoms with E-state index in [0.717, 1.165) is 4.47 Å². The Labute approximate surface area is 125 Å². The number of amides is 1. The Hall–Kier alpha value is -2.01. The van der Waals surface area contributed by atoms with Gasteiger partial charge in [0.2, 0.25) is 5.91 Å². The lowest BCUT2D eigenvalue weighted by molar-refractivity contribution is -0.115. The van der Waals surface area contributed by atoms with Crippen molar-refractivity contribution in [1.29, 1.82) is 0 Å². The summed E-state index contributed by atoms with van der Waals surface area (Å²) in [6.45, 7) is 0. The van der Waals surface area contributed by atoms with E-state index < -0.39 is 0 Å². The first-order valence-electron chi connectivity index (χ1n) is 6.00. The molecule has 1 amide bonds. The smallest absolute Gasteiger partial charge is 0.228 e. The number of carbonyl (C=O) groups is 1. The molecule has 0 aliphatic carbocycles. The van der Waals surface area contributed by atoms with E-state index in [-0.39, 0.29) is 18.1 Å². The van der Waals surface area contributed by atoms with Gasteiger partial charge in [-0.3, -0.25) is 4.79 Å². The Morgan fingerprint density at radius 2 is 2.05 bits per heavy atom. The molecule has 2 rings (SSSR count). The fourth-order valence-corrected chi connectivity index (χ4v) is 2.10. The molecule has 104 valence electrons. The summed E-state index contributed by atoms with van der Waals surface area (Å²) < 4.78 is 5.88. The van der Waals surface area contributed by atoms with E-state index in [9.17, 15) is 9.90 Å². The molecule has 0 aromatic heterocycles. The number of benzene rings is 2. The Bertz CT molecular complexity index is 628. The highest BCUT2D eigenvalue weighted by Crippen LogP contribution is 2.27. The van der Waals surface area contributed by atoms with Gasteiger partial charge in [0.25, 0.3) is 0 Å². The topological polar surface area (TPSA) is 58.6 Å². The molecule has 0 saturated heterocycles. The third kappa shape index (κ3) is 3.51. The van der Waals surface area contributed by atoms with E-state index in [1.165, 1.54) is 0 Å². The molecule has 2 aromatic carbocycles. The molecule has 0 fully saturated rings. The maximum absolute atomic E-state index is 12.0. The van der Waals surface area contributed by atoms with Crippen LogP contribution in [0.4, 0.5) is 5.69 Å². The normalized spacial score (nSPS) is 10.1. The van der Waals surface area contributed by atoms with Crippen molar-refractivity contribution in [3.05, 3.63) is 52.5 Å². The summed E-state index contributed by atoms with van der Waals surface area (Å²) in [6.07, 6.45) is 0.107. The molecule has 2 aromatic rings. The number of para-hydroxylation sites is 1. The molecular weight excluding hydrogens is 322 g/mol. The van der Waals surface area contributed by atoms with Crippen molar-refractivity contribution in [2.45, 2.75) is 6.42 Å². The van der Waals surface area contributed by atoms with Crippen LogP contribution in [0.3, 0.4) is 0 Å². The number of carbonyl (C=O) groups excluding carboxylic acids is 1. The van der Waals surface area contributed by atoms with Gasteiger partial charge < -0.3 is 15.2 Å². The minimum absolute atomic E-state index is 0.107. The summed E-state index contributed by atoms with van der Waals surface area (Å²) in [5.74, 6) is 0.568. The molecule has 0 radical (unpaired) electrons. The van der Waals surface area contributed by atoms with E-state index in [4.69, 9.17) is 4.74 Å². The number of halogens is 1. The summed E-state index contributed by atoms with van der Waals surface area (Å²) in [6, 6.07) is 12.1. The molecule has 0 spiro atoms. The average Bonchev–Trinajstić information content (AvgIpc) is 2.44. The predicted octanol–water partition coefficient (Wildman–Crippen LogP) is 3.34. The molecule has 0 atom stereocenters. The number of hydrogen-bond acceptors (Lipinski definition) is 3. The van der Waals surface area contributed by atoms with Gasteiger partial charge in [0, 0.05) is 16.1 Å². The lowest BCUT2D eigenvalue weighted by Crippen LogP contribution is -2.14. The minimum Gasteiger partial charge on any atom is -0.508 e. The van der Waals surface area contributed by atoms with Gasteiger partial charge in [-0.05, 0) is 34.1 Å². The number of aromatic hydroxyl groups is 1. The molecule has 2 N–H and O–H groups in total. The fourth-order valence-electron chi connectivity index (χ4n) is 1.75. The summed E-state index contributed by atoms with van der Waals surface area (Å²) >= 11 is 3.37. The predicted molar refractivity (Wildman–Crippen MR) is 81.1 cm³/mol. The largest absolute Gasteiger partial charge is 0.508 e. The number of phenolic OH excluding ortho intramolecular Hbond substituents is 1. The van der Waals surface area contributed by atoms with Gasteiger partial charge in [0.05, 0.1) is 19.2 Å². The van der Waals surface area contributed by atoms with Crippen LogP contribution in [0.5, 0.6) is 11.5 Å². The summed E-state index contributed by atoms with van der Waals surface area (Å²) in [5, 5.41) is 12.4. The van der Waals surface area contributed by atoms with Crippen LogP contribution in [0, 0.1) is 0 Å². The lowest BCUT2D eigenvalue weighted by Gasteiger charge is -2.10. The second-order valence-corrected chi connectivity index (χ2v) is 5.05. The SMILES string of the molecule is COc1ccc(Br)c(NC(=O)Cc2ccccc2O)c1. The van der Waals surface area contributed by atoms with Crippen molar-refractivity contribution in [3.63, 3.8) is 0 Å². The van der Waals surface area contributed by atoms with Crippen LogP contribution in [0.1, 0.15) is 5.56 Å². The number of anilines is 1. The zero-order valence-corrected chi connectivity index (χ0v) is 12.5. The van der Waals surface area contributed by atoms with Gasteiger partial charge in [-0.1, -0.05) is 18.2 Å². The molecule has 4 nitrogen and oxygen atoms in total. The van der Waals surface area contributed by atoms with Gasteiger partial charge in [-0.2, -0.15) is 0 Å². The van der Waals surface area contributed by atoms with Crippen molar-refractivity contribution in [3.8, 4) is 11.5 Å². The molecule has 0 saturated carbocycles. The number of phenols is 1. The zero-order valence-electron chi connectivity index (χ0n) is 10.9. The van der Waals surface area contributed by atoms with Crippen LogP contribution in [-0.2, 0) is 11.2 Å². The highest BCUT2D eigenvalue weighted by atomic mass is 79.9. The van der Waals surface area contributed by atoms with Crippen molar-refractivity contribution in [2.75, 3.05) is 12.4 Å². The molecule has 0 bridgehead atoms. The Kier molecular flexibility index (Phi) is 4.63. The van der Waals surface area contributed by atoms with Crippen LogP contribution in [-0.4, -0.2) is 18.1 Å². The summed E-state index contributed by atoms with van der Waals surface area (Å²) in [4.78, 5) is 12.0. The van der Waals surface area contributed by atoms with Gasteiger partial charge in [0.1, 0.15) is 11.5 Å². The van der Waals surface area contributed by atoms with Crippen molar-refractivity contribution in [1.82, 2.24) is 0 Å². The maximum atomic E-state index is 12.0. The van der Waals surface area contributed by atoms with Gasteiger partial charge in [-0.25, -0.2) is 0 Å². The van der Waals surface area contributed by atoms with Crippen molar-refractivity contribution < 1.29 is 14.6 Å². The fraction of sp³-hybridized carbons (Fsp3) is 0.133. The first-order valence-corrected chi connectivity index (χ1v) is 6.79. The minimum atomic E-state index is -0.208. The number of rotatable bonds is 4. The number of hydrogen-bond donors (Lipinski definition) is 2. The molecule has 5 heteroatoms. The molecule has 0 heterocycles. The van der Waals surface area contributed by atoms with Crippen LogP contribution in [0.15, 0.2) is 46.9 Å². The Morgan fingerprint density at radius 1 is 1.30 bits per heavy atom. The molecule has 0 aliphatic heterocycles. The first-order chi connectivity index (χ1) is 9.60. The van der Waals surface area contributed by atoms with Crippen molar-refractivity contribution >= 4 is 27.5 Å². The number of nitrogens with one attached hydrogen (secondary N) is 1. The highest BCUT2D eigenvalue weighted by molar-refractivity contribution is 9.10. The van der Waals surface area contributed by atoms with E-state index >= 15 is 0 Å². The van der Waals surface area contributed by atoms with Gasteiger partial charge >= 0.3 is 0 Å². The number of ether oxygens (including phenoxy) is 1. The van der Waals surface area contributed by atoms with Gasteiger partial charge in [-0.15, -0.1) is 0 Å². The molecule has 20 heavy (non-hydrogen) atoms. The summed E-state index contributed by atoms with van der Waals surface area (Å²) in [7, 11) is 1.57. The monoisotopic (exact) mass is 335 g/mol. The highest BCUT2D eigenvalue weighted by Gasteiger charge is 2.10. The molecule has 0 unspecified atom stereocenters. The van der Waals surface area contributed by atoms with Crippen LogP contribution in [0.25, 0.3) is 0 Å². The van der Waals surface area contributed by atoms with Crippen LogP contribution in [0.2, 0.25) is 0 Å². The van der Waals surface area contributed by atoms with Gasteiger partial charge in [0.15, 0.2) is 0 Å². The molecule has 0 aliphatic rings. The van der Waals surface area contributed by atoms with E-state index in [1.807, 2.05) is 0 Å². The molecular formula is C15H14BrNO3. The van der Waals surface area contributed by atoms with Crippen molar-refractivity contribution in [2.24, 2.45) is 0 Å². The van der Waals surface area contributed by atoms with E-state index in [2.05, 4.69) is 21.2 Å². The quantitative estimate of drug-likeness (QED) is 0.900. The van der Waals surface area contributed by atoms with E-state index in [1.54, 1.807) is 49.6 Å². The standard InChI is InChI=1S/C15H14BrNO3/c1-20-11-6-7-12(16)13(9-11)17-15(19)8-10-4-2-3-5-14(10)18/h2-7,9,18H,8H2,1H3,(H,17,19). The summed E-state index contributed by atoms with van der Waals surface area (Å²) in [5.41, 5.74) is 1.22.